The lowest BCUT2D eigenvalue weighted by atomic mass is 9.93. The number of ketones is 1. The molecule has 4 rings (SSSR count). The van der Waals surface area contributed by atoms with Gasteiger partial charge in [-0.2, -0.15) is 0 Å². The van der Waals surface area contributed by atoms with E-state index in [4.69, 9.17) is 4.52 Å². The lowest BCUT2D eigenvalue weighted by Gasteiger charge is -2.19. The lowest BCUT2D eigenvalue weighted by Crippen LogP contribution is -2.17. The second kappa shape index (κ2) is 6.78. The van der Waals surface area contributed by atoms with E-state index >= 15 is 0 Å². The Morgan fingerprint density at radius 3 is 2.37 bits per heavy atom. The predicted octanol–water partition coefficient (Wildman–Crippen LogP) is 3.92. The molecule has 0 radical (unpaired) electrons. The topological polar surface area (TPSA) is 77.2 Å². The molecule has 0 spiro atoms. The van der Waals surface area contributed by atoms with Gasteiger partial charge in [-0.25, -0.2) is 8.42 Å². The third-order valence-electron chi connectivity index (χ3n) is 4.81. The zero-order chi connectivity index (χ0) is 19.0. The van der Waals surface area contributed by atoms with Crippen LogP contribution >= 0.6 is 0 Å². The van der Waals surface area contributed by atoms with Crippen LogP contribution in [0.1, 0.15) is 56.8 Å². The monoisotopic (exact) mass is 381 g/mol. The van der Waals surface area contributed by atoms with Gasteiger partial charge in [-0.1, -0.05) is 59.8 Å². The molecule has 1 atom stereocenters. The minimum Gasteiger partial charge on any atom is -0.360 e. The summed E-state index contributed by atoms with van der Waals surface area (Å²) in [6.45, 7) is 0. The van der Waals surface area contributed by atoms with Crippen molar-refractivity contribution >= 4 is 15.6 Å². The first kappa shape index (κ1) is 17.7. The van der Waals surface area contributed by atoms with Crippen molar-refractivity contribution in [1.29, 1.82) is 0 Å². The molecule has 1 unspecified atom stereocenters. The first-order valence-corrected chi connectivity index (χ1v) is 10.7. The average Bonchev–Trinajstić information content (AvgIpc) is 3.38. The van der Waals surface area contributed by atoms with Crippen LogP contribution in [0.15, 0.2) is 65.3 Å². The molecule has 1 aliphatic carbocycles. The summed E-state index contributed by atoms with van der Waals surface area (Å²) >= 11 is 0. The number of hydrogen-bond acceptors (Lipinski definition) is 5. The fraction of sp³-hybridized carbons (Fsp3) is 0.238. The minimum absolute atomic E-state index is 0.235. The summed E-state index contributed by atoms with van der Waals surface area (Å²) in [7, 11) is -3.50. The zero-order valence-electron chi connectivity index (χ0n) is 14.8. The molecule has 6 heteroatoms. The van der Waals surface area contributed by atoms with E-state index in [0.717, 1.165) is 12.8 Å². The fourth-order valence-electron chi connectivity index (χ4n) is 3.42. The first-order chi connectivity index (χ1) is 13.0. The van der Waals surface area contributed by atoms with Gasteiger partial charge in [0, 0.05) is 17.7 Å². The minimum atomic E-state index is -3.50. The van der Waals surface area contributed by atoms with Crippen molar-refractivity contribution < 1.29 is 17.7 Å². The van der Waals surface area contributed by atoms with Crippen molar-refractivity contribution in [3.8, 4) is 0 Å². The molecule has 0 aliphatic heterocycles. The molecule has 5 nitrogen and oxygen atoms in total. The van der Waals surface area contributed by atoms with E-state index in [1.807, 2.05) is 6.07 Å². The number of sulfone groups is 1. The largest absolute Gasteiger partial charge is 0.360 e. The highest BCUT2D eigenvalue weighted by molar-refractivity contribution is 7.91. The van der Waals surface area contributed by atoms with E-state index in [1.165, 1.54) is 12.5 Å². The van der Waals surface area contributed by atoms with Crippen LogP contribution in [0.3, 0.4) is 0 Å². The van der Waals surface area contributed by atoms with Crippen molar-refractivity contribution in [2.24, 2.45) is 0 Å². The molecule has 0 N–H and O–H groups in total. The van der Waals surface area contributed by atoms with Crippen molar-refractivity contribution in [3.63, 3.8) is 0 Å². The number of hydrogen-bond donors (Lipinski definition) is 0. The van der Waals surface area contributed by atoms with Gasteiger partial charge in [0.25, 0.3) is 0 Å². The second-order valence-electron chi connectivity index (χ2n) is 6.91. The molecule has 27 heavy (non-hydrogen) atoms. The predicted molar refractivity (Wildman–Crippen MR) is 101 cm³/mol. The Labute approximate surface area is 157 Å². The Balaban J connectivity index is 1.85. The Bertz CT molecular complexity index is 1080. The van der Waals surface area contributed by atoms with Crippen molar-refractivity contribution in [2.45, 2.75) is 24.0 Å². The molecular formula is C21H19NO4S. The van der Waals surface area contributed by atoms with Crippen LogP contribution in [0.4, 0.5) is 0 Å². The van der Waals surface area contributed by atoms with Gasteiger partial charge in [0.1, 0.15) is 5.25 Å². The van der Waals surface area contributed by atoms with Crippen LogP contribution in [0.2, 0.25) is 0 Å². The zero-order valence-corrected chi connectivity index (χ0v) is 15.6. The molecule has 3 aromatic rings. The van der Waals surface area contributed by atoms with Gasteiger partial charge in [-0.3, -0.25) is 4.79 Å². The van der Waals surface area contributed by atoms with Gasteiger partial charge in [-0.15, -0.1) is 0 Å². The Morgan fingerprint density at radius 1 is 1.04 bits per heavy atom. The van der Waals surface area contributed by atoms with E-state index in [1.54, 1.807) is 48.5 Å². The van der Waals surface area contributed by atoms with Crippen LogP contribution < -0.4 is 0 Å². The van der Waals surface area contributed by atoms with E-state index in [9.17, 15) is 13.2 Å². The molecule has 0 amide bonds. The number of rotatable bonds is 6. The highest BCUT2D eigenvalue weighted by Gasteiger charge is 2.35. The third-order valence-corrected chi connectivity index (χ3v) is 6.19. The van der Waals surface area contributed by atoms with Gasteiger partial charge in [-0.05, 0) is 24.0 Å². The maximum absolute atomic E-state index is 13.2. The van der Waals surface area contributed by atoms with Crippen molar-refractivity contribution in [3.05, 3.63) is 88.8 Å². The van der Waals surface area contributed by atoms with Crippen LogP contribution in [0, 0.1) is 0 Å². The van der Waals surface area contributed by atoms with Crippen LogP contribution in [-0.4, -0.2) is 25.6 Å². The molecule has 0 bridgehead atoms. The van der Waals surface area contributed by atoms with Gasteiger partial charge in [0.05, 0.1) is 11.8 Å². The summed E-state index contributed by atoms with van der Waals surface area (Å²) in [5, 5.41) is 2.88. The number of nitrogens with zero attached hydrogens (tertiary/aromatic N) is 1. The second-order valence-corrected chi connectivity index (χ2v) is 9.05. The summed E-state index contributed by atoms with van der Waals surface area (Å²) in [4.78, 5) is 13.2. The Hall–Kier alpha value is -2.73. The first-order valence-electron chi connectivity index (χ1n) is 8.79. The summed E-state index contributed by atoms with van der Waals surface area (Å²) in [6, 6.07) is 15.8. The van der Waals surface area contributed by atoms with Crippen LogP contribution in [0.5, 0.6) is 0 Å². The Kier molecular flexibility index (Phi) is 4.44. The molecule has 1 aromatic heterocycles. The fourth-order valence-corrected chi connectivity index (χ4v) is 4.74. The smallest absolute Gasteiger partial charge is 0.198 e. The van der Waals surface area contributed by atoms with E-state index < -0.39 is 15.1 Å². The summed E-state index contributed by atoms with van der Waals surface area (Å²) in [5.74, 6) is 0.585. The maximum atomic E-state index is 13.2. The summed E-state index contributed by atoms with van der Waals surface area (Å²) in [6.07, 6.45) is 4.59. The van der Waals surface area contributed by atoms with Crippen LogP contribution in [-0.2, 0) is 9.84 Å². The maximum Gasteiger partial charge on any atom is 0.198 e. The molecule has 2 aromatic carbocycles. The van der Waals surface area contributed by atoms with Gasteiger partial charge < -0.3 is 4.52 Å². The van der Waals surface area contributed by atoms with Crippen molar-refractivity contribution in [2.75, 3.05) is 6.26 Å². The van der Waals surface area contributed by atoms with E-state index in [2.05, 4.69) is 5.16 Å². The molecule has 0 saturated heterocycles. The summed E-state index contributed by atoms with van der Waals surface area (Å²) < 4.78 is 30.6. The highest BCUT2D eigenvalue weighted by atomic mass is 32.2. The molecule has 1 fully saturated rings. The Morgan fingerprint density at radius 2 is 1.70 bits per heavy atom. The lowest BCUT2D eigenvalue weighted by molar-refractivity contribution is 0.103. The highest BCUT2D eigenvalue weighted by Crippen LogP contribution is 2.42. The number of aromatic nitrogens is 1. The molecular weight excluding hydrogens is 362 g/mol. The average molecular weight is 381 g/mol. The van der Waals surface area contributed by atoms with Crippen molar-refractivity contribution in [1.82, 2.24) is 5.16 Å². The standard InChI is InChI=1S/C21H19NO4S/c1-27(24,25)21(15-7-3-2-4-8-15)17-10-6-5-9-16(17)19(23)18-13-22-26-20(18)14-11-12-14/h2-10,13-14,21H,11-12H2,1H3. The molecule has 1 saturated carbocycles. The number of benzene rings is 2. The van der Waals surface area contributed by atoms with Gasteiger partial charge in [0.2, 0.25) is 0 Å². The van der Waals surface area contributed by atoms with E-state index in [0.29, 0.717) is 28.0 Å². The quantitative estimate of drug-likeness (QED) is 0.605. The van der Waals surface area contributed by atoms with Gasteiger partial charge >= 0.3 is 0 Å². The molecule has 1 heterocycles. The number of carbonyl (C=O) groups excluding carboxylic acids is 1. The summed E-state index contributed by atoms with van der Waals surface area (Å²) in [5.41, 5.74) is 1.89. The third kappa shape index (κ3) is 3.45. The molecule has 138 valence electrons. The van der Waals surface area contributed by atoms with E-state index in [-0.39, 0.29) is 11.7 Å². The normalized spacial score (nSPS) is 15.4. The van der Waals surface area contributed by atoms with Crippen LogP contribution in [0.25, 0.3) is 0 Å². The number of carbonyl (C=O) groups is 1. The SMILES string of the molecule is CS(=O)(=O)C(c1ccccc1)c1ccccc1C(=O)c1cnoc1C1CC1. The van der Waals surface area contributed by atoms with Gasteiger partial charge in [0.15, 0.2) is 21.4 Å². The molecule has 1 aliphatic rings.